The Kier molecular flexibility index (Phi) is 7.64. The van der Waals surface area contributed by atoms with Gasteiger partial charge < -0.3 is 23.7 Å². The van der Waals surface area contributed by atoms with Gasteiger partial charge in [0, 0.05) is 62.8 Å². The fourth-order valence-electron chi connectivity index (χ4n) is 2.85. The molecule has 0 amide bonds. The van der Waals surface area contributed by atoms with Crippen molar-refractivity contribution in [3.8, 4) is 11.5 Å². The van der Waals surface area contributed by atoms with Crippen LogP contribution in [0, 0.1) is 6.92 Å². The molecule has 1 aliphatic rings. The molecule has 1 atom stereocenters. The van der Waals surface area contributed by atoms with Crippen LogP contribution in [0.4, 0.5) is 11.4 Å². The van der Waals surface area contributed by atoms with Crippen LogP contribution in [0.3, 0.4) is 0 Å². The van der Waals surface area contributed by atoms with Crippen molar-refractivity contribution in [2.45, 2.75) is 12.8 Å². The van der Waals surface area contributed by atoms with Gasteiger partial charge in [0.1, 0.15) is 5.75 Å². The standard InChI is InChI=1S/C18H19N2O4S.Y/c1-13(21)14-11-16(19-25(22)23)18(24-15-7-3-2-4-8-15)17(12-14)20-9-5-6-10-20;/h2-4,7-8,11-12,19H,1,5-6,9-10H2,(H,22,23);/q-1;/p-1. The number of hydrogen-bond acceptors (Lipinski definition) is 5. The van der Waals surface area contributed by atoms with Gasteiger partial charge >= 0.3 is 0 Å². The summed E-state index contributed by atoms with van der Waals surface area (Å²) >= 11 is -2.55. The van der Waals surface area contributed by atoms with Crippen molar-refractivity contribution >= 4 is 28.4 Å². The molecule has 0 spiro atoms. The molecule has 0 saturated carbocycles. The topological polar surface area (TPSA) is 81.7 Å². The van der Waals surface area contributed by atoms with Crippen LogP contribution in [-0.2, 0) is 44.0 Å². The van der Waals surface area contributed by atoms with E-state index in [0.717, 1.165) is 25.9 Å². The van der Waals surface area contributed by atoms with E-state index in [4.69, 9.17) is 4.74 Å². The SMILES string of the molecule is [CH2-]C(=O)c1cc(NS(=O)[O-])c(Oc2ccccc2)c(N2CCCC2)c1.[Y]. The van der Waals surface area contributed by atoms with Gasteiger partial charge in [0.15, 0.2) is 5.75 Å². The first-order valence-electron chi connectivity index (χ1n) is 7.92. The van der Waals surface area contributed by atoms with Gasteiger partial charge in [0.2, 0.25) is 0 Å². The van der Waals surface area contributed by atoms with Crippen molar-refractivity contribution in [3.05, 3.63) is 55.0 Å². The zero-order valence-electron chi connectivity index (χ0n) is 14.1. The van der Waals surface area contributed by atoms with Crippen LogP contribution in [-0.4, -0.2) is 27.6 Å². The van der Waals surface area contributed by atoms with Crippen LogP contribution in [0.5, 0.6) is 11.5 Å². The number of ether oxygens (including phenoxy) is 1. The smallest absolute Gasteiger partial charge is 0.171 e. The largest absolute Gasteiger partial charge is 0.755 e. The van der Waals surface area contributed by atoms with Gasteiger partial charge in [-0.2, -0.15) is 6.92 Å². The van der Waals surface area contributed by atoms with Gasteiger partial charge in [0.25, 0.3) is 0 Å². The first-order chi connectivity index (χ1) is 12.0. The van der Waals surface area contributed by atoms with Crippen LogP contribution in [0.25, 0.3) is 0 Å². The second-order valence-electron chi connectivity index (χ2n) is 5.74. The van der Waals surface area contributed by atoms with Crippen LogP contribution in [0.15, 0.2) is 42.5 Å². The number of rotatable bonds is 6. The van der Waals surface area contributed by atoms with Crippen molar-refractivity contribution in [2.75, 3.05) is 22.7 Å². The summed E-state index contributed by atoms with van der Waals surface area (Å²) in [6.45, 7) is 5.07. The molecule has 1 heterocycles. The normalized spacial score (nSPS) is 14.4. The van der Waals surface area contributed by atoms with Crippen LogP contribution < -0.4 is 14.4 Å². The van der Waals surface area contributed by atoms with E-state index in [9.17, 15) is 13.6 Å². The summed E-state index contributed by atoms with van der Waals surface area (Å²) in [4.78, 5) is 13.9. The van der Waals surface area contributed by atoms with E-state index < -0.39 is 11.3 Å². The molecule has 1 aliphatic heterocycles. The molecule has 8 heteroatoms. The minimum absolute atomic E-state index is 0. The minimum atomic E-state index is -2.55. The summed E-state index contributed by atoms with van der Waals surface area (Å²) in [5.74, 6) is 0.574. The van der Waals surface area contributed by atoms with E-state index in [-0.39, 0.29) is 44.2 Å². The Bertz CT molecular complexity index is 795. The quantitative estimate of drug-likeness (QED) is 0.418. The third-order valence-electron chi connectivity index (χ3n) is 3.99. The number of Topliss-reactive ketones (excluding diaryl/α,β-unsaturated/α-hetero) is 1. The molecule has 0 aromatic heterocycles. The monoisotopic (exact) mass is 447 g/mol. The maximum Gasteiger partial charge on any atom is 0.171 e. The van der Waals surface area contributed by atoms with E-state index in [0.29, 0.717) is 22.7 Å². The third kappa shape index (κ3) is 5.07. The molecule has 0 aliphatic carbocycles. The first-order valence-corrected chi connectivity index (χ1v) is 9.00. The Morgan fingerprint density at radius 1 is 1.19 bits per heavy atom. The molecular formula is C18H18N2O4SY-2. The Morgan fingerprint density at radius 3 is 2.42 bits per heavy atom. The third-order valence-corrected chi connectivity index (χ3v) is 4.38. The fourth-order valence-corrected chi connectivity index (χ4v) is 3.18. The molecule has 26 heavy (non-hydrogen) atoms. The molecule has 1 N–H and O–H groups in total. The Hall–Kier alpha value is -1.41. The summed E-state index contributed by atoms with van der Waals surface area (Å²) in [7, 11) is 0. The molecule has 1 radical (unpaired) electrons. The Balaban J connectivity index is 0.00000243. The van der Waals surface area contributed by atoms with Crippen LogP contribution in [0.1, 0.15) is 23.2 Å². The summed E-state index contributed by atoms with van der Waals surface area (Å²) in [5, 5.41) is 0. The van der Waals surface area contributed by atoms with Gasteiger partial charge in [-0.15, -0.1) is 17.7 Å². The van der Waals surface area contributed by atoms with Gasteiger partial charge in [0.05, 0.1) is 11.4 Å². The van der Waals surface area contributed by atoms with E-state index in [1.807, 2.05) is 18.2 Å². The fraction of sp³-hybridized carbons (Fsp3) is 0.222. The summed E-state index contributed by atoms with van der Waals surface area (Å²) in [6.07, 6.45) is 2.06. The van der Waals surface area contributed by atoms with E-state index in [2.05, 4.69) is 16.5 Å². The molecule has 2 aromatic carbocycles. The summed E-state index contributed by atoms with van der Waals surface area (Å²) in [6, 6.07) is 12.2. The van der Waals surface area contributed by atoms with Crippen LogP contribution >= 0.6 is 0 Å². The number of hydrogen-bond donors (Lipinski definition) is 1. The molecule has 0 bridgehead atoms. The number of para-hydroxylation sites is 1. The zero-order valence-corrected chi connectivity index (χ0v) is 17.8. The number of nitrogens with zero attached hydrogens (tertiary/aromatic N) is 1. The average Bonchev–Trinajstić information content (AvgIpc) is 3.11. The van der Waals surface area contributed by atoms with Crippen molar-refractivity contribution in [3.63, 3.8) is 0 Å². The van der Waals surface area contributed by atoms with Crippen molar-refractivity contribution in [2.24, 2.45) is 0 Å². The second kappa shape index (κ2) is 9.51. The van der Waals surface area contributed by atoms with Gasteiger partial charge in [-0.25, -0.2) is 0 Å². The number of carbonyl (C=O) groups is 1. The summed E-state index contributed by atoms with van der Waals surface area (Å²) in [5.41, 5.74) is 1.23. The number of carbonyl (C=O) groups excluding carboxylic acids is 1. The van der Waals surface area contributed by atoms with Gasteiger partial charge in [-0.3, -0.25) is 4.21 Å². The molecule has 6 nitrogen and oxygen atoms in total. The maximum absolute atomic E-state index is 11.8. The van der Waals surface area contributed by atoms with E-state index in [1.165, 1.54) is 6.07 Å². The van der Waals surface area contributed by atoms with Crippen molar-refractivity contribution < 1.29 is 51.0 Å². The number of benzene rings is 2. The molecular weight excluding hydrogens is 429 g/mol. The number of anilines is 2. The Labute approximate surface area is 180 Å². The molecule has 1 unspecified atom stereocenters. The zero-order chi connectivity index (χ0) is 17.8. The van der Waals surface area contributed by atoms with Gasteiger partial charge in [-0.1, -0.05) is 18.2 Å². The van der Waals surface area contributed by atoms with E-state index >= 15 is 0 Å². The second-order valence-corrected chi connectivity index (χ2v) is 6.41. The average molecular weight is 447 g/mol. The maximum atomic E-state index is 11.8. The molecule has 2 aromatic rings. The predicted molar refractivity (Wildman–Crippen MR) is 96.6 cm³/mol. The number of nitrogens with one attached hydrogen (secondary N) is 1. The molecule has 3 rings (SSSR count). The van der Waals surface area contributed by atoms with Gasteiger partial charge in [-0.05, 0) is 25.0 Å². The minimum Gasteiger partial charge on any atom is -0.755 e. The number of ketones is 1. The first kappa shape index (κ1) is 20.9. The van der Waals surface area contributed by atoms with E-state index in [1.54, 1.807) is 18.2 Å². The molecule has 1 fully saturated rings. The van der Waals surface area contributed by atoms with Crippen molar-refractivity contribution in [1.29, 1.82) is 0 Å². The van der Waals surface area contributed by atoms with Crippen LogP contribution in [0.2, 0.25) is 0 Å². The summed E-state index contributed by atoms with van der Waals surface area (Å²) < 4.78 is 30.7. The molecule has 1 saturated heterocycles. The molecule has 135 valence electrons. The van der Waals surface area contributed by atoms with Crippen molar-refractivity contribution in [1.82, 2.24) is 0 Å². The Morgan fingerprint density at radius 2 is 1.85 bits per heavy atom. The predicted octanol–water partition coefficient (Wildman–Crippen LogP) is 3.30.